The van der Waals surface area contributed by atoms with Crippen LogP contribution in [0.1, 0.15) is 17.3 Å². The summed E-state index contributed by atoms with van der Waals surface area (Å²) in [7, 11) is 0. The quantitative estimate of drug-likeness (QED) is 0.352. The number of amides is 1. The zero-order chi connectivity index (χ0) is 15.7. The standard InChI is InChI=1S/C13H19N3O5/c1-2-14-13(18)10-3-4-12(16(19)20)11(9-10)15-5-7-21-8-6-17/h3-4,9,15,17H,2,5-8H2,1H3,(H,14,18). The number of carbonyl (C=O) groups is 1. The zero-order valence-corrected chi connectivity index (χ0v) is 11.8. The Kier molecular flexibility index (Phi) is 7.13. The van der Waals surface area contributed by atoms with E-state index in [0.29, 0.717) is 25.3 Å². The van der Waals surface area contributed by atoms with E-state index in [0.717, 1.165) is 0 Å². The Morgan fingerprint density at radius 2 is 2.19 bits per heavy atom. The molecule has 0 saturated heterocycles. The summed E-state index contributed by atoms with van der Waals surface area (Å²) in [6.45, 7) is 3.03. The molecule has 0 aliphatic heterocycles. The number of anilines is 1. The highest BCUT2D eigenvalue weighted by Crippen LogP contribution is 2.25. The molecule has 0 atom stereocenters. The van der Waals surface area contributed by atoms with Gasteiger partial charge in [-0.3, -0.25) is 14.9 Å². The lowest BCUT2D eigenvalue weighted by Gasteiger charge is -2.09. The Hall–Kier alpha value is -2.19. The van der Waals surface area contributed by atoms with Crippen LogP contribution in [0, 0.1) is 10.1 Å². The first-order chi connectivity index (χ1) is 10.1. The summed E-state index contributed by atoms with van der Waals surface area (Å²) in [4.78, 5) is 22.2. The summed E-state index contributed by atoms with van der Waals surface area (Å²) < 4.78 is 5.06. The van der Waals surface area contributed by atoms with Crippen molar-refractivity contribution in [2.75, 3.05) is 38.2 Å². The van der Waals surface area contributed by atoms with Crippen molar-refractivity contribution in [2.45, 2.75) is 6.92 Å². The van der Waals surface area contributed by atoms with Crippen LogP contribution in [0.3, 0.4) is 0 Å². The molecule has 3 N–H and O–H groups in total. The molecular weight excluding hydrogens is 278 g/mol. The van der Waals surface area contributed by atoms with Crippen molar-refractivity contribution < 1.29 is 19.6 Å². The van der Waals surface area contributed by atoms with Crippen LogP contribution in [-0.2, 0) is 4.74 Å². The molecule has 0 aromatic heterocycles. The molecule has 0 unspecified atom stereocenters. The van der Waals surface area contributed by atoms with Gasteiger partial charge in [0.05, 0.1) is 24.7 Å². The molecule has 1 rings (SSSR count). The van der Waals surface area contributed by atoms with Crippen molar-refractivity contribution in [3.8, 4) is 0 Å². The fraction of sp³-hybridized carbons (Fsp3) is 0.462. The minimum Gasteiger partial charge on any atom is -0.394 e. The minimum atomic E-state index is -0.515. The number of carbonyl (C=O) groups excluding carboxylic acids is 1. The number of nitrogens with one attached hydrogen (secondary N) is 2. The third-order valence-corrected chi connectivity index (χ3v) is 2.59. The zero-order valence-electron chi connectivity index (χ0n) is 11.8. The Bertz CT molecular complexity index is 493. The average molecular weight is 297 g/mol. The number of benzene rings is 1. The van der Waals surface area contributed by atoms with E-state index in [2.05, 4.69) is 10.6 Å². The van der Waals surface area contributed by atoms with E-state index in [4.69, 9.17) is 9.84 Å². The topological polar surface area (TPSA) is 114 Å². The highest BCUT2D eigenvalue weighted by atomic mass is 16.6. The van der Waals surface area contributed by atoms with E-state index in [1.807, 2.05) is 0 Å². The molecule has 0 aliphatic carbocycles. The Labute approximate surface area is 122 Å². The van der Waals surface area contributed by atoms with Crippen molar-refractivity contribution in [3.63, 3.8) is 0 Å². The fourth-order valence-electron chi connectivity index (χ4n) is 1.67. The van der Waals surface area contributed by atoms with E-state index >= 15 is 0 Å². The van der Waals surface area contributed by atoms with Gasteiger partial charge in [-0.05, 0) is 19.1 Å². The molecule has 0 heterocycles. The summed E-state index contributed by atoms with van der Waals surface area (Å²) in [6, 6.07) is 4.15. The third kappa shape index (κ3) is 5.36. The largest absolute Gasteiger partial charge is 0.394 e. The van der Waals surface area contributed by atoms with Crippen molar-refractivity contribution >= 4 is 17.3 Å². The maximum Gasteiger partial charge on any atom is 0.292 e. The van der Waals surface area contributed by atoms with Crippen LogP contribution < -0.4 is 10.6 Å². The van der Waals surface area contributed by atoms with Gasteiger partial charge in [0.1, 0.15) is 5.69 Å². The number of aliphatic hydroxyl groups is 1. The highest BCUT2D eigenvalue weighted by Gasteiger charge is 2.16. The smallest absolute Gasteiger partial charge is 0.292 e. The first kappa shape index (κ1) is 16.9. The van der Waals surface area contributed by atoms with E-state index in [9.17, 15) is 14.9 Å². The number of hydrogen-bond donors (Lipinski definition) is 3. The molecular formula is C13H19N3O5. The van der Waals surface area contributed by atoms with Gasteiger partial charge < -0.3 is 20.5 Å². The predicted molar refractivity (Wildman–Crippen MR) is 77.5 cm³/mol. The van der Waals surface area contributed by atoms with Crippen molar-refractivity contribution in [2.24, 2.45) is 0 Å². The van der Waals surface area contributed by atoms with Crippen LogP contribution in [0.2, 0.25) is 0 Å². The SMILES string of the molecule is CCNC(=O)c1ccc([N+](=O)[O-])c(NCCOCCO)c1. The first-order valence-corrected chi connectivity index (χ1v) is 6.59. The number of aliphatic hydroxyl groups excluding tert-OH is 1. The summed E-state index contributed by atoms with van der Waals surface area (Å²) in [5, 5.41) is 25.0. The first-order valence-electron chi connectivity index (χ1n) is 6.59. The van der Waals surface area contributed by atoms with E-state index in [1.165, 1.54) is 18.2 Å². The van der Waals surface area contributed by atoms with Crippen molar-refractivity contribution in [1.29, 1.82) is 0 Å². The lowest BCUT2D eigenvalue weighted by atomic mass is 10.1. The normalized spacial score (nSPS) is 10.2. The van der Waals surface area contributed by atoms with Gasteiger partial charge in [-0.2, -0.15) is 0 Å². The van der Waals surface area contributed by atoms with E-state index in [-0.39, 0.29) is 30.5 Å². The number of nitro groups is 1. The maximum absolute atomic E-state index is 11.7. The monoisotopic (exact) mass is 297 g/mol. The fourth-order valence-corrected chi connectivity index (χ4v) is 1.67. The van der Waals surface area contributed by atoms with Gasteiger partial charge in [-0.1, -0.05) is 0 Å². The summed E-state index contributed by atoms with van der Waals surface area (Å²) in [6.07, 6.45) is 0. The Morgan fingerprint density at radius 3 is 2.81 bits per heavy atom. The summed E-state index contributed by atoms with van der Waals surface area (Å²) in [5.41, 5.74) is 0.503. The van der Waals surface area contributed by atoms with Gasteiger partial charge in [-0.15, -0.1) is 0 Å². The maximum atomic E-state index is 11.7. The summed E-state index contributed by atoms with van der Waals surface area (Å²) in [5.74, 6) is -0.285. The van der Waals surface area contributed by atoms with Crippen LogP contribution in [0.4, 0.5) is 11.4 Å². The van der Waals surface area contributed by atoms with Crippen molar-refractivity contribution in [3.05, 3.63) is 33.9 Å². The van der Waals surface area contributed by atoms with Crippen LogP contribution in [0.15, 0.2) is 18.2 Å². The Morgan fingerprint density at radius 1 is 1.43 bits per heavy atom. The second kappa shape index (κ2) is 8.88. The molecule has 0 spiro atoms. The highest BCUT2D eigenvalue weighted by molar-refractivity contribution is 5.95. The summed E-state index contributed by atoms with van der Waals surface area (Å²) >= 11 is 0. The van der Waals surface area contributed by atoms with Gasteiger partial charge in [0.2, 0.25) is 0 Å². The molecule has 0 aliphatic rings. The predicted octanol–water partition coefficient (Wildman–Crippen LogP) is 0.765. The number of rotatable bonds is 9. The Balaban J connectivity index is 2.79. The van der Waals surface area contributed by atoms with Gasteiger partial charge >= 0.3 is 0 Å². The second-order valence-electron chi connectivity index (χ2n) is 4.11. The number of nitro benzene ring substituents is 1. The third-order valence-electron chi connectivity index (χ3n) is 2.59. The van der Waals surface area contributed by atoms with Gasteiger partial charge in [0, 0.05) is 24.7 Å². The van der Waals surface area contributed by atoms with Crippen LogP contribution >= 0.6 is 0 Å². The molecule has 1 aromatic rings. The lowest BCUT2D eigenvalue weighted by Crippen LogP contribution is -2.23. The average Bonchev–Trinajstić information content (AvgIpc) is 2.47. The molecule has 0 bridgehead atoms. The van der Waals surface area contributed by atoms with Gasteiger partial charge in [0.15, 0.2) is 0 Å². The molecule has 0 fully saturated rings. The van der Waals surface area contributed by atoms with Gasteiger partial charge in [0.25, 0.3) is 11.6 Å². The molecule has 1 aromatic carbocycles. The number of nitrogens with zero attached hydrogens (tertiary/aromatic N) is 1. The van der Waals surface area contributed by atoms with Crippen molar-refractivity contribution in [1.82, 2.24) is 5.32 Å². The number of ether oxygens (including phenoxy) is 1. The van der Waals surface area contributed by atoms with E-state index < -0.39 is 4.92 Å². The van der Waals surface area contributed by atoms with E-state index in [1.54, 1.807) is 6.92 Å². The minimum absolute atomic E-state index is 0.0766. The molecule has 8 heteroatoms. The number of hydrogen-bond acceptors (Lipinski definition) is 6. The molecule has 0 radical (unpaired) electrons. The molecule has 8 nitrogen and oxygen atoms in total. The molecule has 116 valence electrons. The van der Waals surface area contributed by atoms with Gasteiger partial charge in [-0.25, -0.2) is 0 Å². The van der Waals surface area contributed by atoms with Crippen LogP contribution in [0.5, 0.6) is 0 Å². The second-order valence-corrected chi connectivity index (χ2v) is 4.11. The molecule has 1 amide bonds. The van der Waals surface area contributed by atoms with Crippen LogP contribution in [0.25, 0.3) is 0 Å². The lowest BCUT2D eigenvalue weighted by molar-refractivity contribution is -0.384. The molecule has 21 heavy (non-hydrogen) atoms. The molecule has 0 saturated carbocycles. The van der Waals surface area contributed by atoms with Crippen LogP contribution in [-0.4, -0.2) is 48.8 Å².